The zero-order chi connectivity index (χ0) is 16.2. The van der Waals surface area contributed by atoms with Gasteiger partial charge >= 0.3 is 0 Å². The van der Waals surface area contributed by atoms with E-state index < -0.39 is 0 Å². The molecule has 132 valence electrons. The number of piperidine rings is 1. The van der Waals surface area contributed by atoms with E-state index in [-0.39, 0.29) is 36.3 Å². The normalized spacial score (nSPS) is 19.3. The summed E-state index contributed by atoms with van der Waals surface area (Å²) < 4.78 is 0. The van der Waals surface area contributed by atoms with Gasteiger partial charge in [0.25, 0.3) is 0 Å². The van der Waals surface area contributed by atoms with Crippen molar-refractivity contribution in [3.63, 3.8) is 0 Å². The summed E-state index contributed by atoms with van der Waals surface area (Å²) in [6.07, 6.45) is 4.07. The molecular formula is C18H26ClN3O2. The van der Waals surface area contributed by atoms with E-state index in [4.69, 9.17) is 5.73 Å². The number of hydrogen-bond acceptors (Lipinski definition) is 3. The summed E-state index contributed by atoms with van der Waals surface area (Å²) in [7, 11) is 0. The second kappa shape index (κ2) is 8.49. The Morgan fingerprint density at radius 1 is 1.12 bits per heavy atom. The van der Waals surface area contributed by atoms with Crippen molar-refractivity contribution in [2.45, 2.75) is 44.2 Å². The Morgan fingerprint density at radius 3 is 2.33 bits per heavy atom. The number of carbonyl (C=O) groups is 2. The van der Waals surface area contributed by atoms with Gasteiger partial charge in [0.1, 0.15) is 0 Å². The highest BCUT2D eigenvalue weighted by atomic mass is 35.5. The summed E-state index contributed by atoms with van der Waals surface area (Å²) in [4.78, 5) is 26.1. The van der Waals surface area contributed by atoms with Crippen LogP contribution in [0.5, 0.6) is 0 Å². The lowest BCUT2D eigenvalue weighted by molar-refractivity contribution is -0.133. The van der Waals surface area contributed by atoms with Gasteiger partial charge in [-0.05, 0) is 31.2 Å². The first kappa shape index (κ1) is 18.7. The maximum absolute atomic E-state index is 12.2. The molecule has 0 spiro atoms. The van der Waals surface area contributed by atoms with Crippen LogP contribution in [0.2, 0.25) is 0 Å². The van der Waals surface area contributed by atoms with Gasteiger partial charge in [-0.15, -0.1) is 12.4 Å². The van der Waals surface area contributed by atoms with E-state index in [1.54, 1.807) is 0 Å². The molecule has 1 atom stereocenters. The van der Waals surface area contributed by atoms with Crippen LogP contribution in [0, 0.1) is 5.92 Å². The quantitative estimate of drug-likeness (QED) is 0.852. The van der Waals surface area contributed by atoms with Crippen molar-refractivity contribution in [3.05, 3.63) is 35.9 Å². The number of likely N-dealkylation sites (tertiary alicyclic amines) is 1. The lowest BCUT2D eigenvalue weighted by atomic mass is 10.0. The second-order valence-electron chi connectivity index (χ2n) is 6.66. The number of halogens is 1. The van der Waals surface area contributed by atoms with Gasteiger partial charge in [0.15, 0.2) is 0 Å². The lowest BCUT2D eigenvalue weighted by Crippen LogP contribution is -2.47. The van der Waals surface area contributed by atoms with E-state index in [1.165, 1.54) is 0 Å². The molecule has 0 radical (unpaired) electrons. The van der Waals surface area contributed by atoms with Crippen LogP contribution in [0.25, 0.3) is 0 Å². The molecule has 1 aromatic carbocycles. The van der Waals surface area contributed by atoms with Crippen molar-refractivity contribution in [1.82, 2.24) is 10.2 Å². The molecule has 1 saturated carbocycles. The van der Waals surface area contributed by atoms with Crippen molar-refractivity contribution >= 4 is 24.2 Å². The third kappa shape index (κ3) is 4.95. The van der Waals surface area contributed by atoms with Crippen molar-refractivity contribution in [2.24, 2.45) is 11.7 Å². The number of nitrogens with one attached hydrogen (secondary N) is 1. The molecule has 6 heteroatoms. The third-order valence-corrected chi connectivity index (χ3v) is 4.73. The Balaban J connectivity index is 0.00000208. The molecule has 0 aromatic heterocycles. The Hall–Kier alpha value is -1.59. The minimum atomic E-state index is -0.271. The van der Waals surface area contributed by atoms with Crippen LogP contribution in [0.3, 0.4) is 0 Å². The molecule has 1 saturated heterocycles. The van der Waals surface area contributed by atoms with Crippen molar-refractivity contribution in [2.75, 3.05) is 13.1 Å². The fraction of sp³-hybridized carbons (Fsp3) is 0.556. The largest absolute Gasteiger partial charge is 0.353 e. The van der Waals surface area contributed by atoms with Gasteiger partial charge in [-0.3, -0.25) is 9.59 Å². The molecule has 1 aliphatic carbocycles. The highest BCUT2D eigenvalue weighted by Gasteiger charge is 2.35. The van der Waals surface area contributed by atoms with Gasteiger partial charge in [-0.1, -0.05) is 30.3 Å². The first-order chi connectivity index (χ1) is 11.1. The standard InChI is InChI=1S/C18H25N3O2.ClH/c19-16(13-4-2-1-3-5-13)12-17(22)20-15-8-10-21(11-9-15)18(23)14-6-7-14;/h1-5,14-16H,6-12,19H2,(H,20,22);1H. The summed E-state index contributed by atoms with van der Waals surface area (Å²) in [6.45, 7) is 1.51. The molecule has 3 rings (SSSR count). The smallest absolute Gasteiger partial charge is 0.225 e. The maximum atomic E-state index is 12.2. The molecule has 3 N–H and O–H groups in total. The van der Waals surface area contributed by atoms with E-state index in [2.05, 4.69) is 5.32 Å². The zero-order valence-electron chi connectivity index (χ0n) is 13.8. The average molecular weight is 352 g/mol. The highest BCUT2D eigenvalue weighted by Crippen LogP contribution is 2.31. The van der Waals surface area contributed by atoms with E-state index in [9.17, 15) is 9.59 Å². The fourth-order valence-electron chi connectivity index (χ4n) is 3.14. The Bertz CT molecular complexity index is 555. The van der Waals surface area contributed by atoms with Crippen LogP contribution in [0.1, 0.15) is 43.7 Å². The van der Waals surface area contributed by atoms with E-state index >= 15 is 0 Å². The summed E-state index contributed by atoms with van der Waals surface area (Å²) in [6, 6.07) is 9.58. The van der Waals surface area contributed by atoms with Crippen LogP contribution < -0.4 is 11.1 Å². The Labute approximate surface area is 149 Å². The van der Waals surface area contributed by atoms with E-state index in [0.29, 0.717) is 12.3 Å². The number of benzene rings is 1. The lowest BCUT2D eigenvalue weighted by Gasteiger charge is -2.32. The van der Waals surface area contributed by atoms with Gasteiger partial charge in [0.05, 0.1) is 0 Å². The molecule has 5 nitrogen and oxygen atoms in total. The van der Waals surface area contributed by atoms with Crippen molar-refractivity contribution in [1.29, 1.82) is 0 Å². The first-order valence-corrected chi connectivity index (χ1v) is 8.52. The summed E-state index contributed by atoms with van der Waals surface area (Å²) >= 11 is 0. The predicted octanol–water partition coefficient (Wildman–Crippen LogP) is 2.02. The fourth-order valence-corrected chi connectivity index (χ4v) is 3.14. The molecule has 2 fully saturated rings. The maximum Gasteiger partial charge on any atom is 0.225 e. The second-order valence-corrected chi connectivity index (χ2v) is 6.66. The number of nitrogens with zero attached hydrogens (tertiary/aromatic N) is 1. The summed E-state index contributed by atoms with van der Waals surface area (Å²) in [5.74, 6) is 0.583. The highest BCUT2D eigenvalue weighted by molar-refractivity contribution is 5.85. The van der Waals surface area contributed by atoms with Gasteiger partial charge in [0.2, 0.25) is 11.8 Å². The minimum absolute atomic E-state index is 0. The Kier molecular flexibility index (Phi) is 6.63. The molecule has 24 heavy (non-hydrogen) atoms. The van der Waals surface area contributed by atoms with Gasteiger partial charge in [-0.2, -0.15) is 0 Å². The molecule has 1 aliphatic heterocycles. The summed E-state index contributed by atoms with van der Waals surface area (Å²) in [5.41, 5.74) is 7.07. The van der Waals surface area contributed by atoms with Crippen LogP contribution >= 0.6 is 12.4 Å². The minimum Gasteiger partial charge on any atom is -0.353 e. The Morgan fingerprint density at radius 2 is 1.75 bits per heavy atom. The zero-order valence-corrected chi connectivity index (χ0v) is 14.6. The van der Waals surface area contributed by atoms with Crippen LogP contribution in [0.15, 0.2) is 30.3 Å². The van der Waals surface area contributed by atoms with Crippen LogP contribution in [-0.2, 0) is 9.59 Å². The SMILES string of the molecule is Cl.NC(CC(=O)NC1CCN(C(=O)C2CC2)CC1)c1ccccc1. The number of carbonyl (C=O) groups excluding carboxylic acids is 2. The first-order valence-electron chi connectivity index (χ1n) is 8.52. The molecule has 2 amide bonds. The van der Waals surface area contributed by atoms with Crippen molar-refractivity contribution in [3.8, 4) is 0 Å². The van der Waals surface area contributed by atoms with Crippen LogP contribution in [0.4, 0.5) is 0 Å². The van der Waals surface area contributed by atoms with Crippen molar-refractivity contribution < 1.29 is 9.59 Å². The van der Waals surface area contributed by atoms with E-state index in [1.807, 2.05) is 35.2 Å². The predicted molar refractivity (Wildman–Crippen MR) is 95.7 cm³/mol. The van der Waals surface area contributed by atoms with E-state index in [0.717, 1.165) is 44.3 Å². The number of hydrogen-bond donors (Lipinski definition) is 2. The monoisotopic (exact) mass is 351 g/mol. The molecular weight excluding hydrogens is 326 g/mol. The van der Waals surface area contributed by atoms with Gasteiger partial charge < -0.3 is 16.0 Å². The molecule has 1 unspecified atom stereocenters. The molecule has 1 aromatic rings. The summed E-state index contributed by atoms with van der Waals surface area (Å²) in [5, 5.41) is 3.07. The number of nitrogens with two attached hydrogens (primary N) is 1. The third-order valence-electron chi connectivity index (χ3n) is 4.73. The van der Waals surface area contributed by atoms with Crippen LogP contribution in [-0.4, -0.2) is 35.8 Å². The van der Waals surface area contributed by atoms with Gasteiger partial charge in [0, 0.05) is 37.5 Å². The molecule has 0 bridgehead atoms. The topological polar surface area (TPSA) is 75.4 Å². The average Bonchev–Trinajstić information content (AvgIpc) is 3.40. The number of rotatable bonds is 5. The molecule has 1 heterocycles. The van der Waals surface area contributed by atoms with Gasteiger partial charge in [-0.25, -0.2) is 0 Å². The molecule has 2 aliphatic rings. The number of amides is 2.